The van der Waals surface area contributed by atoms with Crippen molar-refractivity contribution in [2.45, 2.75) is 12.6 Å². The van der Waals surface area contributed by atoms with E-state index in [1.165, 1.54) is 5.56 Å². The van der Waals surface area contributed by atoms with Crippen LogP contribution in [0.4, 0.5) is 0 Å². The van der Waals surface area contributed by atoms with Crippen LogP contribution in [0.2, 0.25) is 5.02 Å². The summed E-state index contributed by atoms with van der Waals surface area (Å²) in [5.74, 6) is 0.793. The van der Waals surface area contributed by atoms with Crippen molar-refractivity contribution in [1.29, 1.82) is 0 Å². The Labute approximate surface area is 164 Å². The number of nitrogens with zero attached hydrogens (tertiary/aromatic N) is 2. The van der Waals surface area contributed by atoms with Crippen molar-refractivity contribution in [3.63, 3.8) is 0 Å². The SMILES string of the molecule is CN=C(NCc1ccsc1)NCC(c1ccccc1Cl)N1CCOCC1. The van der Waals surface area contributed by atoms with Gasteiger partial charge in [0.15, 0.2) is 5.96 Å². The minimum absolute atomic E-state index is 0.173. The zero-order chi connectivity index (χ0) is 18.2. The van der Waals surface area contributed by atoms with E-state index in [0.29, 0.717) is 0 Å². The molecule has 5 nitrogen and oxygen atoms in total. The zero-order valence-corrected chi connectivity index (χ0v) is 16.5. The third-order valence-corrected chi connectivity index (χ3v) is 5.55. The van der Waals surface area contributed by atoms with E-state index in [9.17, 15) is 0 Å². The summed E-state index contributed by atoms with van der Waals surface area (Å²) < 4.78 is 5.51. The largest absolute Gasteiger partial charge is 0.379 e. The number of nitrogens with one attached hydrogen (secondary N) is 2. The Morgan fingerprint density at radius 1 is 1.27 bits per heavy atom. The van der Waals surface area contributed by atoms with E-state index < -0.39 is 0 Å². The van der Waals surface area contributed by atoms with Gasteiger partial charge in [-0.15, -0.1) is 0 Å². The summed E-state index contributed by atoms with van der Waals surface area (Å²) in [7, 11) is 1.79. The minimum atomic E-state index is 0.173. The highest BCUT2D eigenvalue weighted by molar-refractivity contribution is 7.07. The van der Waals surface area contributed by atoms with E-state index in [2.05, 4.69) is 43.4 Å². The van der Waals surface area contributed by atoms with Gasteiger partial charge in [-0.25, -0.2) is 0 Å². The van der Waals surface area contributed by atoms with Crippen LogP contribution in [0.5, 0.6) is 0 Å². The third-order valence-electron chi connectivity index (χ3n) is 4.48. The quantitative estimate of drug-likeness (QED) is 0.585. The Morgan fingerprint density at radius 3 is 2.77 bits per heavy atom. The average molecular weight is 393 g/mol. The second-order valence-corrected chi connectivity index (χ2v) is 7.31. The van der Waals surface area contributed by atoms with Crippen LogP contribution in [0.3, 0.4) is 0 Å². The van der Waals surface area contributed by atoms with Gasteiger partial charge < -0.3 is 15.4 Å². The van der Waals surface area contributed by atoms with Crippen LogP contribution in [-0.4, -0.2) is 50.8 Å². The van der Waals surface area contributed by atoms with Gasteiger partial charge in [-0.3, -0.25) is 9.89 Å². The fourth-order valence-corrected chi connectivity index (χ4v) is 3.99. The lowest BCUT2D eigenvalue weighted by Crippen LogP contribution is -2.46. The van der Waals surface area contributed by atoms with Gasteiger partial charge in [0.2, 0.25) is 0 Å². The van der Waals surface area contributed by atoms with Gasteiger partial charge in [0.1, 0.15) is 0 Å². The smallest absolute Gasteiger partial charge is 0.191 e. The van der Waals surface area contributed by atoms with Gasteiger partial charge in [0.25, 0.3) is 0 Å². The Hall–Kier alpha value is -1.60. The van der Waals surface area contributed by atoms with E-state index in [1.807, 2.05) is 18.2 Å². The predicted octanol–water partition coefficient (Wildman–Crippen LogP) is 3.14. The molecule has 2 aromatic rings. The molecule has 0 bridgehead atoms. The fraction of sp³-hybridized carbons (Fsp3) is 0.421. The number of ether oxygens (including phenoxy) is 1. The number of hydrogen-bond acceptors (Lipinski definition) is 4. The molecule has 7 heteroatoms. The number of hydrogen-bond donors (Lipinski definition) is 2. The molecule has 1 atom stereocenters. The Bertz CT molecular complexity index is 701. The molecule has 1 aromatic heterocycles. The Balaban J connectivity index is 1.65. The maximum absolute atomic E-state index is 6.49. The van der Waals surface area contributed by atoms with Crippen molar-refractivity contribution in [2.24, 2.45) is 4.99 Å². The molecule has 1 aliphatic heterocycles. The highest BCUT2D eigenvalue weighted by Crippen LogP contribution is 2.27. The number of morpholine rings is 1. The molecule has 2 N–H and O–H groups in total. The summed E-state index contributed by atoms with van der Waals surface area (Å²) in [4.78, 5) is 6.76. The molecule has 1 fully saturated rings. The van der Waals surface area contributed by atoms with E-state index in [4.69, 9.17) is 16.3 Å². The first-order valence-electron chi connectivity index (χ1n) is 8.79. The lowest BCUT2D eigenvalue weighted by atomic mass is 10.0. The lowest BCUT2D eigenvalue weighted by molar-refractivity contribution is 0.0170. The normalized spacial score (nSPS) is 17.1. The highest BCUT2D eigenvalue weighted by atomic mass is 35.5. The summed E-state index contributed by atoms with van der Waals surface area (Å²) >= 11 is 8.19. The molecule has 0 aliphatic carbocycles. The van der Waals surface area contributed by atoms with Crippen molar-refractivity contribution in [3.8, 4) is 0 Å². The number of benzene rings is 1. The van der Waals surface area contributed by atoms with Crippen LogP contribution in [0.1, 0.15) is 17.2 Å². The predicted molar refractivity (Wildman–Crippen MR) is 109 cm³/mol. The van der Waals surface area contributed by atoms with E-state index >= 15 is 0 Å². The lowest BCUT2D eigenvalue weighted by Gasteiger charge is -2.35. The second kappa shape index (κ2) is 9.92. The van der Waals surface area contributed by atoms with Gasteiger partial charge in [-0.2, -0.15) is 11.3 Å². The van der Waals surface area contributed by atoms with Crippen molar-refractivity contribution >= 4 is 28.9 Å². The number of aliphatic imine (C=N–C) groups is 1. The molecule has 1 unspecified atom stereocenters. The van der Waals surface area contributed by atoms with Crippen LogP contribution >= 0.6 is 22.9 Å². The molecule has 0 radical (unpaired) electrons. The molecular weight excluding hydrogens is 368 g/mol. The first-order chi connectivity index (χ1) is 12.8. The number of halogens is 1. The molecule has 3 rings (SSSR count). The number of thiophene rings is 1. The van der Waals surface area contributed by atoms with Crippen molar-refractivity contribution < 1.29 is 4.74 Å². The fourth-order valence-electron chi connectivity index (χ4n) is 3.06. The highest BCUT2D eigenvalue weighted by Gasteiger charge is 2.24. The molecule has 1 saturated heterocycles. The van der Waals surface area contributed by atoms with Gasteiger partial charge >= 0.3 is 0 Å². The monoisotopic (exact) mass is 392 g/mol. The topological polar surface area (TPSA) is 48.9 Å². The molecule has 2 heterocycles. The standard InChI is InChI=1S/C19H25ClN4OS/c1-21-19(22-12-15-6-11-26-14-15)23-13-18(24-7-9-25-10-8-24)16-4-2-3-5-17(16)20/h2-6,11,14,18H,7-10,12-13H2,1H3,(H2,21,22,23). The molecule has 1 aliphatic rings. The average Bonchev–Trinajstić information content (AvgIpc) is 3.20. The summed E-state index contributed by atoms with van der Waals surface area (Å²) in [6.07, 6.45) is 0. The molecule has 1 aromatic carbocycles. The van der Waals surface area contributed by atoms with E-state index in [1.54, 1.807) is 18.4 Å². The van der Waals surface area contributed by atoms with Crippen molar-refractivity contribution in [2.75, 3.05) is 39.9 Å². The zero-order valence-electron chi connectivity index (χ0n) is 15.0. The second-order valence-electron chi connectivity index (χ2n) is 6.12. The van der Waals surface area contributed by atoms with Crippen LogP contribution in [0.15, 0.2) is 46.1 Å². The Kier molecular flexibility index (Phi) is 7.32. The van der Waals surface area contributed by atoms with Gasteiger partial charge in [0.05, 0.1) is 19.3 Å². The molecular formula is C19H25ClN4OS. The molecule has 26 heavy (non-hydrogen) atoms. The third kappa shape index (κ3) is 5.20. The van der Waals surface area contributed by atoms with Crippen LogP contribution < -0.4 is 10.6 Å². The Morgan fingerprint density at radius 2 is 2.08 bits per heavy atom. The number of rotatable bonds is 6. The molecule has 0 amide bonds. The van der Waals surface area contributed by atoms with E-state index in [0.717, 1.165) is 55.9 Å². The molecule has 140 valence electrons. The maximum atomic E-state index is 6.49. The summed E-state index contributed by atoms with van der Waals surface area (Å²) in [6.45, 7) is 4.81. The van der Waals surface area contributed by atoms with Crippen LogP contribution in [-0.2, 0) is 11.3 Å². The van der Waals surface area contributed by atoms with Crippen molar-refractivity contribution in [1.82, 2.24) is 15.5 Å². The maximum Gasteiger partial charge on any atom is 0.191 e. The van der Waals surface area contributed by atoms with Gasteiger partial charge in [0, 0.05) is 38.2 Å². The van der Waals surface area contributed by atoms with Gasteiger partial charge in [-0.1, -0.05) is 29.8 Å². The summed E-state index contributed by atoms with van der Waals surface area (Å²) in [5, 5.41) is 11.8. The number of guanidine groups is 1. The minimum Gasteiger partial charge on any atom is -0.379 e. The van der Waals surface area contributed by atoms with Crippen LogP contribution in [0.25, 0.3) is 0 Å². The summed E-state index contributed by atoms with van der Waals surface area (Å²) in [5.41, 5.74) is 2.39. The van der Waals surface area contributed by atoms with Gasteiger partial charge in [-0.05, 0) is 34.0 Å². The van der Waals surface area contributed by atoms with Crippen molar-refractivity contribution in [3.05, 3.63) is 57.2 Å². The molecule has 0 spiro atoms. The summed E-state index contributed by atoms with van der Waals surface area (Å²) in [6, 6.07) is 10.4. The van der Waals surface area contributed by atoms with E-state index in [-0.39, 0.29) is 6.04 Å². The van der Waals surface area contributed by atoms with Crippen LogP contribution in [0, 0.1) is 0 Å². The molecule has 0 saturated carbocycles. The first kappa shape index (κ1) is 19.2. The first-order valence-corrected chi connectivity index (χ1v) is 10.1.